The molecule has 0 aromatic rings. The van der Waals surface area contributed by atoms with Crippen LogP contribution in [0.25, 0.3) is 0 Å². The van der Waals surface area contributed by atoms with Crippen LogP contribution in [-0.4, -0.2) is 48.3 Å². The van der Waals surface area contributed by atoms with Gasteiger partial charge in [0, 0.05) is 37.8 Å². The topological polar surface area (TPSA) is 24.5 Å². The molecule has 2 heterocycles. The Kier molecular flexibility index (Phi) is 4.16. The van der Waals surface area contributed by atoms with Crippen molar-refractivity contribution in [2.75, 3.05) is 19.7 Å². The van der Waals surface area contributed by atoms with Gasteiger partial charge in [0.2, 0.25) is 0 Å². The van der Waals surface area contributed by atoms with E-state index < -0.39 is 0 Å². The second-order valence-corrected chi connectivity index (χ2v) is 7.16. The second-order valence-electron chi connectivity index (χ2n) is 7.16. The molecule has 110 valence electrons. The molecule has 0 amide bonds. The van der Waals surface area contributed by atoms with Crippen molar-refractivity contribution in [2.24, 2.45) is 0 Å². The SMILES string of the molecule is CC1CN(C2CCOC3(CCCCC3)C2)CC(C)N1. The van der Waals surface area contributed by atoms with Crippen LogP contribution in [0.3, 0.4) is 0 Å². The van der Waals surface area contributed by atoms with Gasteiger partial charge in [-0.25, -0.2) is 0 Å². The highest BCUT2D eigenvalue weighted by atomic mass is 16.5. The van der Waals surface area contributed by atoms with E-state index in [-0.39, 0.29) is 5.60 Å². The lowest BCUT2D eigenvalue weighted by molar-refractivity contribution is -0.127. The van der Waals surface area contributed by atoms with Crippen molar-refractivity contribution >= 4 is 0 Å². The van der Waals surface area contributed by atoms with Gasteiger partial charge in [0.1, 0.15) is 0 Å². The molecule has 3 nitrogen and oxygen atoms in total. The molecule has 3 atom stereocenters. The van der Waals surface area contributed by atoms with Gasteiger partial charge in [-0.15, -0.1) is 0 Å². The first-order valence-electron chi connectivity index (χ1n) is 8.31. The number of nitrogens with zero attached hydrogens (tertiary/aromatic N) is 1. The van der Waals surface area contributed by atoms with Crippen LogP contribution in [0.15, 0.2) is 0 Å². The monoisotopic (exact) mass is 266 g/mol. The molecule has 0 radical (unpaired) electrons. The van der Waals surface area contributed by atoms with Gasteiger partial charge in [0.05, 0.1) is 5.60 Å². The van der Waals surface area contributed by atoms with E-state index in [2.05, 4.69) is 24.1 Å². The first kappa shape index (κ1) is 13.8. The summed E-state index contributed by atoms with van der Waals surface area (Å²) in [5, 5.41) is 3.65. The molecule has 3 heteroatoms. The van der Waals surface area contributed by atoms with Crippen LogP contribution in [0.2, 0.25) is 0 Å². The summed E-state index contributed by atoms with van der Waals surface area (Å²) in [5.74, 6) is 0. The van der Waals surface area contributed by atoms with Gasteiger partial charge >= 0.3 is 0 Å². The Morgan fingerprint density at radius 1 is 1.05 bits per heavy atom. The van der Waals surface area contributed by atoms with Gasteiger partial charge in [-0.1, -0.05) is 19.3 Å². The zero-order valence-corrected chi connectivity index (χ0v) is 12.7. The van der Waals surface area contributed by atoms with E-state index in [9.17, 15) is 0 Å². The van der Waals surface area contributed by atoms with Crippen LogP contribution in [0.1, 0.15) is 58.8 Å². The first-order valence-corrected chi connectivity index (χ1v) is 8.31. The van der Waals surface area contributed by atoms with Crippen molar-refractivity contribution in [1.82, 2.24) is 10.2 Å². The van der Waals surface area contributed by atoms with E-state index in [0.717, 1.165) is 12.6 Å². The highest BCUT2D eigenvalue weighted by Crippen LogP contribution is 2.40. The summed E-state index contributed by atoms with van der Waals surface area (Å²) in [4.78, 5) is 2.74. The summed E-state index contributed by atoms with van der Waals surface area (Å²) < 4.78 is 6.24. The van der Waals surface area contributed by atoms with Crippen molar-refractivity contribution < 1.29 is 4.74 Å². The predicted octanol–water partition coefficient (Wildman–Crippen LogP) is 2.55. The normalized spacial score (nSPS) is 40.4. The first-order chi connectivity index (χ1) is 9.17. The summed E-state index contributed by atoms with van der Waals surface area (Å²) >= 11 is 0. The van der Waals surface area contributed by atoms with E-state index in [1.807, 2.05) is 0 Å². The summed E-state index contributed by atoms with van der Waals surface area (Å²) in [7, 11) is 0. The van der Waals surface area contributed by atoms with Gasteiger partial charge in [-0.2, -0.15) is 0 Å². The van der Waals surface area contributed by atoms with Crippen LogP contribution in [0.5, 0.6) is 0 Å². The molecule has 3 rings (SSSR count). The molecule has 1 spiro atoms. The van der Waals surface area contributed by atoms with Crippen molar-refractivity contribution in [2.45, 2.75) is 82.5 Å². The fraction of sp³-hybridized carbons (Fsp3) is 1.00. The maximum atomic E-state index is 6.24. The Hall–Kier alpha value is -0.120. The minimum Gasteiger partial charge on any atom is -0.375 e. The molecule has 3 aliphatic rings. The quantitative estimate of drug-likeness (QED) is 0.789. The molecule has 1 aliphatic carbocycles. The molecule has 1 N–H and O–H groups in total. The van der Waals surface area contributed by atoms with E-state index in [1.165, 1.54) is 58.0 Å². The smallest absolute Gasteiger partial charge is 0.0697 e. The third kappa shape index (κ3) is 3.14. The summed E-state index contributed by atoms with van der Waals surface area (Å²) in [6.07, 6.45) is 9.30. The fourth-order valence-corrected chi connectivity index (χ4v) is 4.53. The zero-order valence-electron chi connectivity index (χ0n) is 12.7. The lowest BCUT2D eigenvalue weighted by Gasteiger charge is -2.49. The highest BCUT2D eigenvalue weighted by Gasteiger charge is 2.41. The number of rotatable bonds is 1. The number of ether oxygens (including phenoxy) is 1. The van der Waals surface area contributed by atoms with Crippen LogP contribution in [-0.2, 0) is 4.74 Å². The molecular formula is C16H30N2O. The Bertz CT molecular complexity index is 286. The average Bonchev–Trinajstić information content (AvgIpc) is 2.38. The molecule has 0 aromatic heterocycles. The molecule has 2 aliphatic heterocycles. The number of piperazine rings is 1. The number of hydrogen-bond donors (Lipinski definition) is 1. The van der Waals surface area contributed by atoms with E-state index in [0.29, 0.717) is 12.1 Å². The molecule has 19 heavy (non-hydrogen) atoms. The Morgan fingerprint density at radius 2 is 1.74 bits per heavy atom. The van der Waals surface area contributed by atoms with Gasteiger partial charge < -0.3 is 10.1 Å². The molecule has 3 unspecified atom stereocenters. The molecule has 0 aromatic carbocycles. The standard InChI is InChI=1S/C16H30N2O/c1-13-11-18(12-14(2)17-13)15-6-9-19-16(10-15)7-4-3-5-8-16/h13-15,17H,3-12H2,1-2H3. The Balaban J connectivity index is 1.64. The summed E-state index contributed by atoms with van der Waals surface area (Å²) in [6, 6.07) is 2.03. The number of hydrogen-bond acceptors (Lipinski definition) is 3. The van der Waals surface area contributed by atoms with Crippen LogP contribution < -0.4 is 5.32 Å². The lowest BCUT2D eigenvalue weighted by atomic mass is 9.77. The van der Waals surface area contributed by atoms with Crippen molar-refractivity contribution in [3.8, 4) is 0 Å². The Morgan fingerprint density at radius 3 is 2.42 bits per heavy atom. The predicted molar refractivity (Wildman–Crippen MR) is 78.4 cm³/mol. The Labute approximate surface area is 118 Å². The van der Waals surface area contributed by atoms with Gasteiger partial charge in [-0.3, -0.25) is 4.90 Å². The maximum Gasteiger partial charge on any atom is 0.0697 e. The second kappa shape index (κ2) is 5.71. The molecular weight excluding hydrogens is 236 g/mol. The molecule has 1 saturated carbocycles. The van der Waals surface area contributed by atoms with Crippen molar-refractivity contribution in [3.63, 3.8) is 0 Å². The van der Waals surface area contributed by atoms with Gasteiger partial charge in [0.15, 0.2) is 0 Å². The minimum absolute atomic E-state index is 0.249. The largest absolute Gasteiger partial charge is 0.375 e. The summed E-state index contributed by atoms with van der Waals surface area (Å²) in [6.45, 7) is 8.05. The fourth-order valence-electron chi connectivity index (χ4n) is 4.53. The third-order valence-electron chi connectivity index (χ3n) is 5.33. The van der Waals surface area contributed by atoms with E-state index >= 15 is 0 Å². The molecule has 0 bridgehead atoms. The van der Waals surface area contributed by atoms with E-state index in [4.69, 9.17) is 4.74 Å². The molecule has 2 saturated heterocycles. The van der Waals surface area contributed by atoms with Gasteiger partial charge in [-0.05, 0) is 39.5 Å². The van der Waals surface area contributed by atoms with Crippen molar-refractivity contribution in [3.05, 3.63) is 0 Å². The summed E-state index contributed by atoms with van der Waals surface area (Å²) in [5.41, 5.74) is 0.249. The third-order valence-corrected chi connectivity index (χ3v) is 5.33. The minimum atomic E-state index is 0.249. The van der Waals surface area contributed by atoms with Crippen LogP contribution in [0.4, 0.5) is 0 Å². The van der Waals surface area contributed by atoms with Crippen molar-refractivity contribution in [1.29, 1.82) is 0 Å². The maximum absolute atomic E-state index is 6.24. The molecule has 3 fully saturated rings. The average molecular weight is 266 g/mol. The van der Waals surface area contributed by atoms with Crippen LogP contribution in [0, 0.1) is 0 Å². The lowest BCUT2D eigenvalue weighted by Crippen LogP contribution is -2.59. The van der Waals surface area contributed by atoms with Crippen LogP contribution >= 0.6 is 0 Å². The van der Waals surface area contributed by atoms with E-state index in [1.54, 1.807) is 0 Å². The highest BCUT2D eigenvalue weighted by molar-refractivity contribution is 4.95. The number of nitrogens with one attached hydrogen (secondary N) is 1. The van der Waals surface area contributed by atoms with Gasteiger partial charge in [0.25, 0.3) is 0 Å². The zero-order chi connectivity index (χ0) is 13.3.